The molecule has 1 atom stereocenters. The molecule has 0 aliphatic heterocycles. The summed E-state index contributed by atoms with van der Waals surface area (Å²) in [5.41, 5.74) is 0.371. The summed E-state index contributed by atoms with van der Waals surface area (Å²) in [4.78, 5) is 4.07. The number of pyridine rings is 1. The zero-order chi connectivity index (χ0) is 14.6. The summed E-state index contributed by atoms with van der Waals surface area (Å²) >= 11 is 11.9. The fourth-order valence-corrected chi connectivity index (χ4v) is 4.74. The maximum Gasteiger partial charge on any atom is 0.233 e. The molecule has 0 bridgehead atoms. The number of rotatable bonds is 4. The van der Waals surface area contributed by atoms with Crippen LogP contribution in [0.4, 0.5) is 5.69 Å². The van der Waals surface area contributed by atoms with Gasteiger partial charge in [0.15, 0.2) is 5.65 Å². The highest BCUT2D eigenvalue weighted by Crippen LogP contribution is 2.64. The van der Waals surface area contributed by atoms with E-state index in [4.69, 9.17) is 23.2 Å². The lowest BCUT2D eigenvalue weighted by Crippen LogP contribution is -2.25. The van der Waals surface area contributed by atoms with E-state index in [1.807, 2.05) is 0 Å². The summed E-state index contributed by atoms with van der Waals surface area (Å²) in [6.07, 6.45) is 3.47. The maximum absolute atomic E-state index is 12.1. The van der Waals surface area contributed by atoms with E-state index in [1.54, 1.807) is 19.2 Å². The Kier molecular flexibility index (Phi) is 2.94. The van der Waals surface area contributed by atoms with E-state index in [9.17, 15) is 8.42 Å². The number of hydrogen-bond donors (Lipinski definition) is 2. The minimum Gasteiger partial charge on any atom is -0.282 e. The first kappa shape index (κ1) is 13.9. The summed E-state index contributed by atoms with van der Waals surface area (Å²) in [6.45, 7) is 1.75. The van der Waals surface area contributed by atoms with E-state index in [0.29, 0.717) is 17.8 Å². The van der Waals surface area contributed by atoms with Crippen molar-refractivity contribution in [2.75, 3.05) is 10.5 Å². The molecular weight excluding hydrogens is 323 g/mol. The van der Waals surface area contributed by atoms with Crippen molar-refractivity contribution in [1.29, 1.82) is 0 Å². The zero-order valence-electron chi connectivity index (χ0n) is 10.5. The first-order valence-electron chi connectivity index (χ1n) is 5.88. The predicted octanol–water partition coefficient (Wildman–Crippen LogP) is 2.28. The van der Waals surface area contributed by atoms with Crippen molar-refractivity contribution in [3.05, 3.63) is 18.5 Å². The van der Waals surface area contributed by atoms with Gasteiger partial charge in [0, 0.05) is 10.8 Å². The van der Waals surface area contributed by atoms with E-state index in [2.05, 4.69) is 19.9 Å². The number of alkyl halides is 2. The fourth-order valence-electron chi connectivity index (χ4n) is 2.13. The van der Waals surface area contributed by atoms with Crippen molar-refractivity contribution in [2.24, 2.45) is 5.41 Å². The molecule has 2 N–H and O–H groups in total. The van der Waals surface area contributed by atoms with Crippen molar-refractivity contribution in [3.63, 3.8) is 0 Å². The molecule has 0 saturated heterocycles. The minimum atomic E-state index is -3.54. The third kappa shape index (κ3) is 2.45. The van der Waals surface area contributed by atoms with Crippen LogP contribution < -0.4 is 4.72 Å². The number of anilines is 1. The third-order valence-corrected chi connectivity index (χ3v) is 6.19. The Morgan fingerprint density at radius 2 is 2.15 bits per heavy atom. The van der Waals surface area contributed by atoms with Crippen LogP contribution in [0.3, 0.4) is 0 Å². The van der Waals surface area contributed by atoms with Gasteiger partial charge in [-0.25, -0.2) is 13.4 Å². The molecule has 2 aromatic rings. The second-order valence-electron chi connectivity index (χ2n) is 5.33. The van der Waals surface area contributed by atoms with Crippen LogP contribution in [0.2, 0.25) is 0 Å². The molecular formula is C11H12Cl2N4O2S. The molecule has 1 unspecified atom stereocenters. The van der Waals surface area contributed by atoms with Gasteiger partial charge >= 0.3 is 0 Å². The Morgan fingerprint density at radius 3 is 2.80 bits per heavy atom. The lowest BCUT2D eigenvalue weighted by Gasteiger charge is -2.13. The van der Waals surface area contributed by atoms with Crippen LogP contribution in [0.15, 0.2) is 18.5 Å². The number of sulfonamides is 1. The Labute approximate surface area is 125 Å². The molecule has 1 aliphatic rings. The SMILES string of the molecule is CC1(CS(=O)(=O)Nc2cnc3[nH]ncc3c2)CC1(Cl)Cl. The minimum absolute atomic E-state index is 0.129. The zero-order valence-corrected chi connectivity index (χ0v) is 12.8. The average molecular weight is 335 g/mol. The number of nitrogens with zero attached hydrogens (tertiary/aromatic N) is 2. The second kappa shape index (κ2) is 4.22. The molecule has 2 heterocycles. The van der Waals surface area contributed by atoms with Gasteiger partial charge in [0.2, 0.25) is 10.0 Å². The summed E-state index contributed by atoms with van der Waals surface area (Å²) < 4.78 is 25.8. The van der Waals surface area contributed by atoms with Crippen LogP contribution in [-0.2, 0) is 10.0 Å². The molecule has 108 valence electrons. The summed E-state index contributed by atoms with van der Waals surface area (Å²) in [5.74, 6) is -0.129. The highest BCUT2D eigenvalue weighted by molar-refractivity contribution is 7.92. The first-order chi connectivity index (χ1) is 9.21. The van der Waals surface area contributed by atoms with Gasteiger partial charge in [-0.1, -0.05) is 6.92 Å². The third-order valence-electron chi connectivity index (χ3n) is 3.44. The molecule has 9 heteroatoms. The maximum atomic E-state index is 12.1. The Hall–Kier alpha value is -1.05. The highest BCUT2D eigenvalue weighted by atomic mass is 35.5. The average Bonchev–Trinajstić information content (AvgIpc) is 2.68. The van der Waals surface area contributed by atoms with Crippen LogP contribution >= 0.6 is 23.2 Å². The molecule has 20 heavy (non-hydrogen) atoms. The normalized spacial score (nSPS) is 24.8. The van der Waals surface area contributed by atoms with Crippen molar-refractivity contribution in [2.45, 2.75) is 17.7 Å². The van der Waals surface area contributed by atoms with Crippen molar-refractivity contribution < 1.29 is 8.42 Å². The Morgan fingerprint density at radius 1 is 1.45 bits per heavy atom. The van der Waals surface area contributed by atoms with Gasteiger partial charge in [0.25, 0.3) is 0 Å². The Bertz CT molecular complexity index is 774. The molecule has 1 saturated carbocycles. The first-order valence-corrected chi connectivity index (χ1v) is 8.29. The van der Waals surface area contributed by atoms with Crippen LogP contribution in [0, 0.1) is 5.41 Å². The van der Waals surface area contributed by atoms with Crippen molar-refractivity contribution >= 4 is 49.9 Å². The summed E-state index contributed by atoms with van der Waals surface area (Å²) in [5, 5.41) is 7.25. The molecule has 0 radical (unpaired) electrons. The smallest absolute Gasteiger partial charge is 0.233 e. The fraction of sp³-hybridized carbons (Fsp3) is 0.455. The van der Waals surface area contributed by atoms with E-state index in [-0.39, 0.29) is 5.75 Å². The van der Waals surface area contributed by atoms with Gasteiger partial charge in [-0.3, -0.25) is 9.82 Å². The lowest BCUT2D eigenvalue weighted by molar-refractivity contribution is 0.569. The number of H-pyrrole nitrogens is 1. The summed E-state index contributed by atoms with van der Waals surface area (Å²) in [6, 6.07) is 1.66. The predicted molar refractivity (Wildman–Crippen MR) is 78.5 cm³/mol. The number of nitrogens with one attached hydrogen (secondary N) is 2. The summed E-state index contributed by atoms with van der Waals surface area (Å²) in [7, 11) is -3.54. The van der Waals surface area contributed by atoms with Crippen LogP contribution in [-0.4, -0.2) is 33.7 Å². The van der Waals surface area contributed by atoms with Gasteiger partial charge in [0.05, 0.1) is 23.8 Å². The van der Waals surface area contributed by atoms with E-state index >= 15 is 0 Å². The highest BCUT2D eigenvalue weighted by Gasteiger charge is 2.64. The van der Waals surface area contributed by atoms with Gasteiger partial charge in [0.1, 0.15) is 4.33 Å². The topological polar surface area (TPSA) is 87.7 Å². The molecule has 2 aromatic heterocycles. The van der Waals surface area contributed by atoms with Crippen molar-refractivity contribution in [3.8, 4) is 0 Å². The number of fused-ring (bicyclic) bond motifs is 1. The number of aromatic nitrogens is 3. The van der Waals surface area contributed by atoms with Gasteiger partial charge < -0.3 is 0 Å². The monoisotopic (exact) mass is 334 g/mol. The molecule has 3 rings (SSSR count). The van der Waals surface area contributed by atoms with Gasteiger partial charge in [-0.15, -0.1) is 23.2 Å². The number of hydrogen-bond acceptors (Lipinski definition) is 4. The van der Waals surface area contributed by atoms with Gasteiger partial charge in [-0.2, -0.15) is 5.10 Å². The molecule has 0 aromatic carbocycles. The molecule has 1 aliphatic carbocycles. The van der Waals surface area contributed by atoms with E-state index < -0.39 is 19.8 Å². The van der Waals surface area contributed by atoms with Crippen LogP contribution in [0.25, 0.3) is 11.0 Å². The van der Waals surface area contributed by atoms with Gasteiger partial charge in [-0.05, 0) is 12.5 Å². The number of aromatic amines is 1. The quantitative estimate of drug-likeness (QED) is 0.839. The lowest BCUT2D eigenvalue weighted by atomic mass is 10.2. The van der Waals surface area contributed by atoms with Crippen LogP contribution in [0.1, 0.15) is 13.3 Å². The standard InChI is InChI=1S/C11H12Cl2N4O2S/c1-10(5-11(10,12)13)6-20(18,19)17-8-2-7-3-15-16-9(7)14-4-8/h2-4,17H,5-6H2,1H3,(H,14,15,16). The largest absolute Gasteiger partial charge is 0.282 e. The second-order valence-corrected chi connectivity index (χ2v) is 8.54. The molecule has 0 spiro atoms. The van der Waals surface area contributed by atoms with Crippen molar-refractivity contribution in [1.82, 2.24) is 15.2 Å². The molecule has 6 nitrogen and oxygen atoms in total. The van der Waals surface area contributed by atoms with E-state index in [0.717, 1.165) is 5.39 Å². The molecule has 0 amide bonds. The number of halogens is 2. The van der Waals surface area contributed by atoms with Crippen LogP contribution in [0.5, 0.6) is 0 Å². The van der Waals surface area contributed by atoms with E-state index in [1.165, 1.54) is 6.20 Å². The molecule has 1 fully saturated rings. The Balaban J connectivity index is 1.79.